The first-order valence-corrected chi connectivity index (χ1v) is 8.99. The van der Waals surface area contributed by atoms with Crippen molar-refractivity contribution in [2.24, 2.45) is 5.92 Å². The quantitative estimate of drug-likeness (QED) is 0.628. The number of nitrogens with zero attached hydrogens (tertiary/aromatic N) is 1. The number of carbonyl (C=O) groups is 3. The van der Waals surface area contributed by atoms with E-state index in [0.29, 0.717) is 17.7 Å². The average Bonchev–Trinajstić information content (AvgIpc) is 2.87. The Balaban J connectivity index is 1.64. The molecule has 1 spiro atoms. The van der Waals surface area contributed by atoms with E-state index in [1.54, 1.807) is 0 Å². The van der Waals surface area contributed by atoms with Gasteiger partial charge in [0.2, 0.25) is 0 Å². The number of nitrogens with one attached hydrogen (secondary N) is 1. The van der Waals surface area contributed by atoms with Gasteiger partial charge in [-0.2, -0.15) is 0 Å². The second-order valence-electron chi connectivity index (χ2n) is 7.06. The van der Waals surface area contributed by atoms with Gasteiger partial charge < -0.3 is 14.8 Å². The van der Waals surface area contributed by atoms with Crippen molar-refractivity contribution in [3.63, 3.8) is 0 Å². The van der Waals surface area contributed by atoms with Crippen LogP contribution in [-0.4, -0.2) is 42.0 Å². The average molecular weight is 378 g/mol. The third-order valence-electron chi connectivity index (χ3n) is 5.42. The fourth-order valence-electron chi connectivity index (χ4n) is 3.83. The first-order valence-electron chi connectivity index (χ1n) is 8.99. The van der Waals surface area contributed by atoms with Crippen molar-refractivity contribution < 1.29 is 28.2 Å². The first-order chi connectivity index (χ1) is 12.9. The third-order valence-corrected chi connectivity index (χ3v) is 5.42. The van der Waals surface area contributed by atoms with Crippen molar-refractivity contribution in [2.45, 2.75) is 44.8 Å². The summed E-state index contributed by atoms with van der Waals surface area (Å²) in [6.07, 6.45) is 3.30. The molecular formula is C19H23FN2O5. The standard InChI is InChI=1S/C19H23FN2O5/c1-12-5-3-4-8-19(12)17(24)22(18(25)21-19)10-16(23)27-11-13-9-14(20)6-7-15(13)26-2/h6-7,9,12H,3-5,8,10-11H2,1-2H3,(H,21,25)/t12-,19+/m0/s1. The van der Waals surface area contributed by atoms with Crippen LogP contribution in [0.2, 0.25) is 0 Å². The SMILES string of the molecule is COc1ccc(F)cc1COC(=O)CN1C(=O)N[C@@]2(CCCC[C@@H]2C)C1=O. The van der Waals surface area contributed by atoms with E-state index in [4.69, 9.17) is 9.47 Å². The maximum Gasteiger partial charge on any atom is 0.326 e. The van der Waals surface area contributed by atoms with Gasteiger partial charge in [-0.1, -0.05) is 19.8 Å². The normalized spacial score (nSPS) is 24.9. The van der Waals surface area contributed by atoms with Crippen LogP contribution >= 0.6 is 0 Å². The highest BCUT2D eigenvalue weighted by Crippen LogP contribution is 2.38. The Hall–Kier alpha value is -2.64. The van der Waals surface area contributed by atoms with E-state index in [0.717, 1.165) is 24.2 Å². The van der Waals surface area contributed by atoms with Gasteiger partial charge in [-0.3, -0.25) is 14.5 Å². The zero-order valence-electron chi connectivity index (χ0n) is 15.4. The number of carbonyl (C=O) groups excluding carboxylic acids is 3. The molecule has 1 aromatic carbocycles. The van der Waals surface area contributed by atoms with Gasteiger partial charge in [0, 0.05) is 5.56 Å². The molecule has 0 radical (unpaired) electrons. The molecule has 1 N–H and O–H groups in total. The maximum absolute atomic E-state index is 13.4. The highest BCUT2D eigenvalue weighted by molar-refractivity contribution is 6.08. The van der Waals surface area contributed by atoms with Gasteiger partial charge in [-0.05, 0) is 37.0 Å². The number of urea groups is 1. The van der Waals surface area contributed by atoms with E-state index in [2.05, 4.69) is 5.32 Å². The molecule has 1 saturated carbocycles. The fourth-order valence-corrected chi connectivity index (χ4v) is 3.83. The summed E-state index contributed by atoms with van der Waals surface area (Å²) in [4.78, 5) is 38.2. The number of imide groups is 1. The van der Waals surface area contributed by atoms with Gasteiger partial charge in [-0.15, -0.1) is 0 Å². The summed E-state index contributed by atoms with van der Waals surface area (Å²) in [6.45, 7) is 1.25. The molecule has 3 amide bonds. The molecule has 27 heavy (non-hydrogen) atoms. The van der Waals surface area contributed by atoms with Crippen LogP contribution in [0.25, 0.3) is 0 Å². The van der Waals surface area contributed by atoms with Gasteiger partial charge in [0.15, 0.2) is 0 Å². The lowest BCUT2D eigenvalue weighted by molar-refractivity contribution is -0.149. The van der Waals surface area contributed by atoms with Crippen LogP contribution in [0.4, 0.5) is 9.18 Å². The summed E-state index contributed by atoms with van der Waals surface area (Å²) in [7, 11) is 1.43. The number of ether oxygens (including phenoxy) is 2. The number of halogens is 1. The molecule has 146 valence electrons. The van der Waals surface area contributed by atoms with E-state index < -0.39 is 29.9 Å². The van der Waals surface area contributed by atoms with Gasteiger partial charge in [0.05, 0.1) is 7.11 Å². The zero-order valence-corrected chi connectivity index (χ0v) is 15.4. The Morgan fingerprint density at radius 3 is 2.85 bits per heavy atom. The molecule has 2 fully saturated rings. The van der Waals surface area contributed by atoms with Crippen molar-refractivity contribution in [1.82, 2.24) is 10.2 Å². The monoisotopic (exact) mass is 378 g/mol. The number of hydrogen-bond donors (Lipinski definition) is 1. The van der Waals surface area contributed by atoms with E-state index in [-0.39, 0.29) is 18.4 Å². The number of methoxy groups -OCH3 is 1. The van der Waals surface area contributed by atoms with Crippen molar-refractivity contribution in [2.75, 3.05) is 13.7 Å². The number of esters is 1. The van der Waals surface area contributed by atoms with Gasteiger partial charge in [0.25, 0.3) is 5.91 Å². The van der Waals surface area contributed by atoms with Crippen molar-refractivity contribution in [1.29, 1.82) is 0 Å². The van der Waals surface area contributed by atoms with E-state index in [1.807, 2.05) is 6.92 Å². The van der Waals surface area contributed by atoms with Crippen LogP contribution in [0.3, 0.4) is 0 Å². The number of hydrogen-bond acceptors (Lipinski definition) is 5. The smallest absolute Gasteiger partial charge is 0.326 e. The van der Waals surface area contributed by atoms with Crippen LogP contribution < -0.4 is 10.1 Å². The van der Waals surface area contributed by atoms with Crippen LogP contribution in [0.15, 0.2) is 18.2 Å². The second-order valence-corrected chi connectivity index (χ2v) is 7.06. The van der Waals surface area contributed by atoms with Crippen molar-refractivity contribution >= 4 is 17.9 Å². The van der Waals surface area contributed by atoms with E-state index in [9.17, 15) is 18.8 Å². The molecular weight excluding hydrogens is 355 g/mol. The Kier molecular flexibility index (Phi) is 5.34. The molecule has 1 aromatic rings. The van der Waals surface area contributed by atoms with Crippen LogP contribution in [0.5, 0.6) is 5.75 Å². The summed E-state index contributed by atoms with van der Waals surface area (Å²) in [6, 6.07) is 3.30. The van der Waals surface area contributed by atoms with E-state index in [1.165, 1.54) is 25.3 Å². The number of benzene rings is 1. The summed E-state index contributed by atoms with van der Waals surface area (Å²) in [5, 5.41) is 2.78. The minimum Gasteiger partial charge on any atom is -0.496 e. The molecule has 1 aliphatic heterocycles. The molecule has 3 rings (SSSR count). The summed E-state index contributed by atoms with van der Waals surface area (Å²) in [5.41, 5.74) is -0.554. The highest BCUT2D eigenvalue weighted by atomic mass is 19.1. The lowest BCUT2D eigenvalue weighted by atomic mass is 9.73. The summed E-state index contributed by atoms with van der Waals surface area (Å²) in [5.74, 6) is -1.20. The highest BCUT2D eigenvalue weighted by Gasteiger charge is 2.55. The molecule has 0 aromatic heterocycles. The van der Waals surface area contributed by atoms with Crippen LogP contribution in [0.1, 0.15) is 38.2 Å². The largest absolute Gasteiger partial charge is 0.496 e. The first kappa shape index (κ1) is 19.1. The Bertz CT molecular complexity index is 768. The third kappa shape index (κ3) is 3.61. The Morgan fingerprint density at radius 1 is 1.37 bits per heavy atom. The maximum atomic E-state index is 13.4. The number of amides is 3. The zero-order chi connectivity index (χ0) is 19.6. The minimum atomic E-state index is -0.915. The summed E-state index contributed by atoms with van der Waals surface area (Å²) < 4.78 is 23.6. The number of rotatable bonds is 5. The molecule has 1 heterocycles. The molecule has 1 saturated heterocycles. The Labute approximate surface area is 156 Å². The predicted octanol–water partition coefficient (Wildman–Crippen LogP) is 2.38. The molecule has 2 atom stereocenters. The fraction of sp³-hybridized carbons (Fsp3) is 0.526. The lowest BCUT2D eigenvalue weighted by Gasteiger charge is -2.36. The van der Waals surface area contributed by atoms with Crippen molar-refractivity contribution in [3.05, 3.63) is 29.6 Å². The van der Waals surface area contributed by atoms with E-state index >= 15 is 0 Å². The molecule has 1 aliphatic carbocycles. The van der Waals surface area contributed by atoms with Gasteiger partial charge in [-0.25, -0.2) is 9.18 Å². The topological polar surface area (TPSA) is 84.9 Å². The molecule has 2 aliphatic rings. The second kappa shape index (κ2) is 7.54. The molecule has 0 unspecified atom stereocenters. The summed E-state index contributed by atoms with van der Waals surface area (Å²) >= 11 is 0. The van der Waals surface area contributed by atoms with Crippen LogP contribution in [0, 0.1) is 11.7 Å². The molecule has 7 nitrogen and oxygen atoms in total. The van der Waals surface area contributed by atoms with Crippen molar-refractivity contribution in [3.8, 4) is 5.75 Å². The Morgan fingerprint density at radius 2 is 2.15 bits per heavy atom. The van der Waals surface area contributed by atoms with Gasteiger partial charge in [0.1, 0.15) is 30.3 Å². The van der Waals surface area contributed by atoms with Gasteiger partial charge >= 0.3 is 12.0 Å². The predicted molar refractivity (Wildman–Crippen MR) is 93.4 cm³/mol. The lowest BCUT2D eigenvalue weighted by Crippen LogP contribution is -2.54. The van der Waals surface area contributed by atoms with Crippen LogP contribution in [-0.2, 0) is 20.9 Å². The minimum absolute atomic E-state index is 0.0141. The molecule has 8 heteroatoms. The molecule has 0 bridgehead atoms.